The van der Waals surface area contributed by atoms with E-state index in [1.54, 1.807) is 0 Å². The molecule has 0 saturated heterocycles. The fraction of sp³-hybridized carbons (Fsp3) is 0.455. The van der Waals surface area contributed by atoms with Crippen molar-refractivity contribution in [3.8, 4) is 0 Å². The van der Waals surface area contributed by atoms with Gasteiger partial charge in [0.2, 0.25) is 0 Å². The van der Waals surface area contributed by atoms with Gasteiger partial charge in [-0.2, -0.15) is 0 Å². The van der Waals surface area contributed by atoms with Gasteiger partial charge in [-0.3, -0.25) is 0 Å². The summed E-state index contributed by atoms with van der Waals surface area (Å²) in [5.41, 5.74) is 7.07. The minimum atomic E-state index is 0.219. The van der Waals surface area contributed by atoms with Crippen molar-refractivity contribution in [1.82, 2.24) is 5.32 Å². The Labute approximate surface area is 94.0 Å². The SMILES string of the molecule is CNC(CC(C)N)c1ccc(Br)cc1. The third-order valence-electron chi connectivity index (χ3n) is 2.23. The Kier molecular flexibility index (Phi) is 4.58. The van der Waals surface area contributed by atoms with Gasteiger partial charge in [-0.15, -0.1) is 0 Å². The number of nitrogens with one attached hydrogen (secondary N) is 1. The maximum Gasteiger partial charge on any atom is 0.0332 e. The molecule has 0 saturated carbocycles. The molecule has 0 aliphatic heterocycles. The van der Waals surface area contributed by atoms with Crippen molar-refractivity contribution in [3.05, 3.63) is 34.3 Å². The lowest BCUT2D eigenvalue weighted by molar-refractivity contribution is 0.499. The Morgan fingerprint density at radius 3 is 2.36 bits per heavy atom. The molecular formula is C11H17BrN2. The predicted octanol–water partition coefficient (Wildman–Crippen LogP) is 2.45. The summed E-state index contributed by atoms with van der Waals surface area (Å²) in [5, 5.41) is 3.27. The van der Waals surface area contributed by atoms with Crippen LogP contribution in [0.3, 0.4) is 0 Å². The second-order valence-corrected chi connectivity index (χ2v) is 4.52. The Hall–Kier alpha value is -0.380. The first-order chi connectivity index (χ1) is 6.63. The van der Waals surface area contributed by atoms with Crippen LogP contribution in [-0.4, -0.2) is 13.1 Å². The van der Waals surface area contributed by atoms with Crippen LogP contribution < -0.4 is 11.1 Å². The van der Waals surface area contributed by atoms with Crippen LogP contribution in [0.25, 0.3) is 0 Å². The van der Waals surface area contributed by atoms with Crippen LogP contribution in [0.1, 0.15) is 24.9 Å². The van der Waals surface area contributed by atoms with Gasteiger partial charge in [0, 0.05) is 16.6 Å². The van der Waals surface area contributed by atoms with E-state index >= 15 is 0 Å². The monoisotopic (exact) mass is 256 g/mol. The lowest BCUT2D eigenvalue weighted by Crippen LogP contribution is -2.25. The van der Waals surface area contributed by atoms with Crippen LogP contribution in [0.5, 0.6) is 0 Å². The fourth-order valence-electron chi connectivity index (χ4n) is 1.49. The number of hydrogen-bond donors (Lipinski definition) is 2. The minimum Gasteiger partial charge on any atom is -0.328 e. The van der Waals surface area contributed by atoms with E-state index in [4.69, 9.17) is 5.73 Å². The summed E-state index contributed by atoms with van der Waals surface area (Å²) >= 11 is 3.42. The summed E-state index contributed by atoms with van der Waals surface area (Å²) in [6.45, 7) is 2.03. The molecule has 14 heavy (non-hydrogen) atoms. The van der Waals surface area contributed by atoms with Crippen LogP contribution in [0.2, 0.25) is 0 Å². The number of hydrogen-bond acceptors (Lipinski definition) is 2. The van der Waals surface area contributed by atoms with Crippen molar-refractivity contribution in [2.75, 3.05) is 7.05 Å². The molecule has 0 amide bonds. The van der Waals surface area contributed by atoms with Gasteiger partial charge >= 0.3 is 0 Å². The van der Waals surface area contributed by atoms with E-state index in [1.165, 1.54) is 5.56 Å². The zero-order valence-corrected chi connectivity index (χ0v) is 10.2. The minimum absolute atomic E-state index is 0.219. The van der Waals surface area contributed by atoms with E-state index in [9.17, 15) is 0 Å². The van der Waals surface area contributed by atoms with E-state index in [0.29, 0.717) is 6.04 Å². The number of rotatable bonds is 4. The molecule has 0 radical (unpaired) electrons. The molecule has 0 aliphatic carbocycles. The molecule has 0 bridgehead atoms. The Bertz CT molecular complexity index is 269. The first-order valence-corrected chi connectivity index (χ1v) is 5.61. The van der Waals surface area contributed by atoms with E-state index in [2.05, 4.69) is 45.5 Å². The maximum absolute atomic E-state index is 5.79. The van der Waals surface area contributed by atoms with Crippen molar-refractivity contribution < 1.29 is 0 Å². The molecule has 1 aromatic rings. The van der Waals surface area contributed by atoms with E-state index in [1.807, 2.05) is 14.0 Å². The molecule has 0 aromatic heterocycles. The van der Waals surface area contributed by atoms with Crippen molar-refractivity contribution >= 4 is 15.9 Å². The van der Waals surface area contributed by atoms with E-state index in [-0.39, 0.29) is 6.04 Å². The molecule has 3 heteroatoms. The summed E-state index contributed by atoms with van der Waals surface area (Å²) in [5.74, 6) is 0. The largest absolute Gasteiger partial charge is 0.328 e. The van der Waals surface area contributed by atoms with Gasteiger partial charge in [-0.25, -0.2) is 0 Å². The highest BCUT2D eigenvalue weighted by Crippen LogP contribution is 2.19. The summed E-state index contributed by atoms with van der Waals surface area (Å²) in [6.07, 6.45) is 0.956. The standard InChI is InChI=1S/C11H17BrN2/c1-8(13)7-11(14-2)9-3-5-10(12)6-4-9/h3-6,8,11,14H,7,13H2,1-2H3. The summed E-state index contributed by atoms with van der Waals surface area (Å²) < 4.78 is 1.11. The molecule has 0 fully saturated rings. The van der Waals surface area contributed by atoms with Crippen molar-refractivity contribution in [3.63, 3.8) is 0 Å². The average Bonchev–Trinajstić information content (AvgIpc) is 2.15. The van der Waals surface area contributed by atoms with Gasteiger partial charge in [-0.05, 0) is 38.1 Å². The number of nitrogens with two attached hydrogens (primary N) is 1. The fourth-order valence-corrected chi connectivity index (χ4v) is 1.75. The van der Waals surface area contributed by atoms with Crippen LogP contribution >= 0.6 is 15.9 Å². The van der Waals surface area contributed by atoms with Gasteiger partial charge in [-0.1, -0.05) is 28.1 Å². The van der Waals surface area contributed by atoms with E-state index in [0.717, 1.165) is 10.9 Å². The zero-order chi connectivity index (χ0) is 10.6. The highest BCUT2D eigenvalue weighted by atomic mass is 79.9. The molecule has 0 heterocycles. The quantitative estimate of drug-likeness (QED) is 0.869. The summed E-state index contributed by atoms with van der Waals surface area (Å²) in [7, 11) is 1.97. The molecule has 1 aromatic carbocycles. The molecule has 2 nitrogen and oxygen atoms in total. The highest BCUT2D eigenvalue weighted by molar-refractivity contribution is 9.10. The van der Waals surface area contributed by atoms with Crippen molar-refractivity contribution in [2.24, 2.45) is 5.73 Å². The summed E-state index contributed by atoms with van der Waals surface area (Å²) in [4.78, 5) is 0. The van der Waals surface area contributed by atoms with Gasteiger partial charge < -0.3 is 11.1 Å². The Morgan fingerprint density at radius 1 is 1.36 bits per heavy atom. The third kappa shape index (κ3) is 3.40. The van der Waals surface area contributed by atoms with Gasteiger partial charge in [0.15, 0.2) is 0 Å². The van der Waals surface area contributed by atoms with Crippen LogP contribution in [-0.2, 0) is 0 Å². The molecule has 2 unspecified atom stereocenters. The summed E-state index contributed by atoms with van der Waals surface area (Å²) in [6, 6.07) is 8.92. The van der Waals surface area contributed by atoms with Gasteiger partial charge in [0.05, 0.1) is 0 Å². The Morgan fingerprint density at radius 2 is 1.93 bits per heavy atom. The first-order valence-electron chi connectivity index (χ1n) is 4.81. The van der Waals surface area contributed by atoms with Crippen molar-refractivity contribution in [1.29, 1.82) is 0 Å². The van der Waals surface area contributed by atoms with Gasteiger partial charge in [0.25, 0.3) is 0 Å². The molecule has 1 rings (SSSR count). The molecular weight excluding hydrogens is 240 g/mol. The van der Waals surface area contributed by atoms with E-state index < -0.39 is 0 Å². The lowest BCUT2D eigenvalue weighted by Gasteiger charge is -2.18. The van der Waals surface area contributed by atoms with Crippen LogP contribution in [0.15, 0.2) is 28.7 Å². The number of benzene rings is 1. The second-order valence-electron chi connectivity index (χ2n) is 3.61. The predicted molar refractivity (Wildman–Crippen MR) is 64.2 cm³/mol. The Balaban J connectivity index is 2.73. The average molecular weight is 257 g/mol. The normalized spacial score (nSPS) is 15.1. The molecule has 78 valence electrons. The smallest absolute Gasteiger partial charge is 0.0332 e. The molecule has 3 N–H and O–H groups in total. The van der Waals surface area contributed by atoms with Crippen molar-refractivity contribution in [2.45, 2.75) is 25.4 Å². The topological polar surface area (TPSA) is 38.0 Å². The molecule has 0 spiro atoms. The highest BCUT2D eigenvalue weighted by Gasteiger charge is 2.10. The zero-order valence-electron chi connectivity index (χ0n) is 8.63. The second kappa shape index (κ2) is 5.49. The first kappa shape index (κ1) is 11.7. The maximum atomic E-state index is 5.79. The third-order valence-corrected chi connectivity index (χ3v) is 2.76. The number of halogens is 1. The molecule has 0 aliphatic rings. The van der Waals surface area contributed by atoms with Crippen LogP contribution in [0.4, 0.5) is 0 Å². The molecule has 2 atom stereocenters. The lowest BCUT2D eigenvalue weighted by atomic mass is 10.0. The van der Waals surface area contributed by atoms with Gasteiger partial charge in [0.1, 0.15) is 0 Å². The van der Waals surface area contributed by atoms with Crippen LogP contribution in [0, 0.1) is 0 Å².